The van der Waals surface area contributed by atoms with E-state index >= 15 is 0 Å². The molecule has 1 heterocycles. The van der Waals surface area contributed by atoms with Gasteiger partial charge in [0.05, 0.1) is 12.1 Å². The standard InChI is InChI=1S/C19H38N4OS.HI/c1-4-16-9-7-8-13-23(16)14-12-21-18(20-5-2)22-15-19(24)11-10-17(19)25-6-3;/h16-17,24H,4-15H2,1-3H3,(H2,20,21,22);1H. The molecule has 0 amide bonds. The van der Waals surface area contributed by atoms with Gasteiger partial charge in [0.2, 0.25) is 0 Å². The smallest absolute Gasteiger partial charge is 0.191 e. The van der Waals surface area contributed by atoms with Gasteiger partial charge in [-0.3, -0.25) is 9.89 Å². The van der Waals surface area contributed by atoms with Crippen LogP contribution in [0.3, 0.4) is 0 Å². The summed E-state index contributed by atoms with van der Waals surface area (Å²) in [7, 11) is 0. The molecule has 7 heteroatoms. The van der Waals surface area contributed by atoms with Crippen LogP contribution in [0.4, 0.5) is 0 Å². The molecule has 5 nitrogen and oxygen atoms in total. The second kappa shape index (κ2) is 12.7. The van der Waals surface area contributed by atoms with Gasteiger partial charge in [0.1, 0.15) is 0 Å². The summed E-state index contributed by atoms with van der Waals surface area (Å²) >= 11 is 1.86. The molecule has 2 aliphatic rings. The molecule has 154 valence electrons. The van der Waals surface area contributed by atoms with Crippen LogP contribution in [0.25, 0.3) is 0 Å². The minimum absolute atomic E-state index is 0. The largest absolute Gasteiger partial charge is 0.387 e. The molecule has 26 heavy (non-hydrogen) atoms. The highest BCUT2D eigenvalue weighted by Crippen LogP contribution is 2.41. The second-order valence-electron chi connectivity index (χ2n) is 7.30. The van der Waals surface area contributed by atoms with Crippen LogP contribution in [0.2, 0.25) is 0 Å². The maximum Gasteiger partial charge on any atom is 0.191 e. The van der Waals surface area contributed by atoms with Crippen molar-refractivity contribution in [2.45, 2.75) is 76.2 Å². The first-order valence-corrected chi connectivity index (χ1v) is 11.3. The van der Waals surface area contributed by atoms with Gasteiger partial charge in [0.15, 0.2) is 5.96 Å². The number of guanidine groups is 1. The summed E-state index contributed by atoms with van der Waals surface area (Å²) in [5.74, 6) is 1.90. The van der Waals surface area contributed by atoms with Crippen molar-refractivity contribution < 1.29 is 5.11 Å². The maximum atomic E-state index is 10.7. The molecule has 0 aromatic heterocycles. The van der Waals surface area contributed by atoms with Gasteiger partial charge in [-0.05, 0) is 51.3 Å². The zero-order chi connectivity index (χ0) is 18.1. The maximum absolute atomic E-state index is 10.7. The third kappa shape index (κ3) is 7.02. The van der Waals surface area contributed by atoms with E-state index < -0.39 is 5.60 Å². The molecule has 1 saturated heterocycles. The first kappa shape index (κ1) is 24.3. The van der Waals surface area contributed by atoms with Crippen LogP contribution in [-0.2, 0) is 0 Å². The number of hydrogen-bond acceptors (Lipinski definition) is 4. The van der Waals surface area contributed by atoms with Crippen LogP contribution in [0, 0.1) is 0 Å². The molecule has 0 aromatic rings. The Balaban J connectivity index is 0.00000338. The Bertz CT molecular complexity index is 426. The van der Waals surface area contributed by atoms with Crippen LogP contribution >= 0.6 is 35.7 Å². The average molecular weight is 499 g/mol. The Morgan fingerprint density at radius 3 is 2.65 bits per heavy atom. The molecule has 3 atom stereocenters. The Labute approximate surface area is 181 Å². The van der Waals surface area contributed by atoms with Crippen molar-refractivity contribution in [1.29, 1.82) is 0 Å². The van der Waals surface area contributed by atoms with E-state index in [-0.39, 0.29) is 24.0 Å². The normalized spacial score (nSPS) is 29.6. The molecule has 0 spiro atoms. The van der Waals surface area contributed by atoms with E-state index in [1.54, 1.807) is 0 Å². The van der Waals surface area contributed by atoms with Gasteiger partial charge in [-0.2, -0.15) is 11.8 Å². The zero-order valence-electron chi connectivity index (χ0n) is 16.8. The predicted octanol–water partition coefficient (Wildman–Crippen LogP) is 3.07. The van der Waals surface area contributed by atoms with E-state index in [2.05, 4.69) is 41.3 Å². The first-order valence-electron chi connectivity index (χ1n) is 10.2. The summed E-state index contributed by atoms with van der Waals surface area (Å²) in [5.41, 5.74) is -0.608. The first-order chi connectivity index (χ1) is 12.1. The molecule has 2 fully saturated rings. The SMILES string of the molecule is CCNC(=NCC1(O)CCC1SCC)NCCN1CCCCC1CC.I. The van der Waals surface area contributed by atoms with Gasteiger partial charge in [0, 0.05) is 30.9 Å². The van der Waals surface area contributed by atoms with Gasteiger partial charge in [0.25, 0.3) is 0 Å². The second-order valence-corrected chi connectivity index (χ2v) is 8.78. The lowest BCUT2D eigenvalue weighted by molar-refractivity contribution is -0.0154. The average Bonchev–Trinajstić information content (AvgIpc) is 2.63. The van der Waals surface area contributed by atoms with Crippen molar-refractivity contribution in [3.05, 3.63) is 0 Å². The van der Waals surface area contributed by atoms with Gasteiger partial charge < -0.3 is 15.7 Å². The van der Waals surface area contributed by atoms with E-state index in [4.69, 9.17) is 0 Å². The van der Waals surface area contributed by atoms with Gasteiger partial charge in [-0.15, -0.1) is 24.0 Å². The van der Waals surface area contributed by atoms with Crippen molar-refractivity contribution >= 4 is 41.7 Å². The van der Waals surface area contributed by atoms with Crippen molar-refractivity contribution in [2.75, 3.05) is 38.5 Å². The molecule has 1 saturated carbocycles. The van der Waals surface area contributed by atoms with Crippen LogP contribution in [-0.4, -0.2) is 71.3 Å². The molecule has 1 aliphatic carbocycles. The number of aliphatic hydroxyl groups is 1. The van der Waals surface area contributed by atoms with Crippen molar-refractivity contribution in [1.82, 2.24) is 15.5 Å². The number of thioether (sulfide) groups is 1. The monoisotopic (exact) mass is 498 g/mol. The van der Waals surface area contributed by atoms with Crippen molar-refractivity contribution in [3.8, 4) is 0 Å². The topological polar surface area (TPSA) is 59.9 Å². The number of rotatable bonds is 9. The number of piperidine rings is 1. The molecule has 1 aliphatic heterocycles. The highest BCUT2D eigenvalue weighted by molar-refractivity contribution is 14.0. The number of likely N-dealkylation sites (tertiary alicyclic amines) is 1. The summed E-state index contributed by atoms with van der Waals surface area (Å²) in [6.45, 7) is 11.1. The molecule has 0 bridgehead atoms. The summed E-state index contributed by atoms with van der Waals surface area (Å²) in [4.78, 5) is 7.29. The lowest BCUT2D eigenvalue weighted by Crippen LogP contribution is -2.53. The lowest BCUT2D eigenvalue weighted by Gasteiger charge is -2.44. The summed E-state index contributed by atoms with van der Waals surface area (Å²) < 4.78 is 0. The number of halogens is 1. The van der Waals surface area contributed by atoms with Crippen LogP contribution < -0.4 is 10.6 Å². The van der Waals surface area contributed by atoms with E-state index in [1.807, 2.05) is 11.8 Å². The van der Waals surface area contributed by atoms with Crippen molar-refractivity contribution in [2.24, 2.45) is 4.99 Å². The van der Waals surface area contributed by atoms with E-state index in [0.717, 1.165) is 50.2 Å². The molecule has 0 aromatic carbocycles. The minimum atomic E-state index is -0.608. The van der Waals surface area contributed by atoms with E-state index in [9.17, 15) is 5.11 Å². The zero-order valence-corrected chi connectivity index (χ0v) is 19.9. The highest BCUT2D eigenvalue weighted by Gasteiger charge is 2.45. The number of nitrogens with one attached hydrogen (secondary N) is 2. The minimum Gasteiger partial charge on any atom is -0.387 e. The Kier molecular flexibility index (Phi) is 11.8. The highest BCUT2D eigenvalue weighted by atomic mass is 127. The number of aliphatic imine (C=N–C) groups is 1. The molecule has 2 rings (SSSR count). The summed E-state index contributed by atoms with van der Waals surface area (Å²) in [5, 5.41) is 17.8. The summed E-state index contributed by atoms with van der Waals surface area (Å²) in [6, 6.07) is 0.748. The van der Waals surface area contributed by atoms with Crippen LogP contribution in [0.15, 0.2) is 4.99 Å². The Morgan fingerprint density at radius 1 is 1.23 bits per heavy atom. The third-order valence-corrected chi connectivity index (χ3v) is 6.98. The van der Waals surface area contributed by atoms with Crippen LogP contribution in [0.1, 0.15) is 59.3 Å². The lowest BCUT2D eigenvalue weighted by atomic mass is 9.79. The predicted molar refractivity (Wildman–Crippen MR) is 125 cm³/mol. The van der Waals surface area contributed by atoms with Gasteiger partial charge >= 0.3 is 0 Å². The molecule has 0 radical (unpaired) electrons. The van der Waals surface area contributed by atoms with Crippen molar-refractivity contribution in [3.63, 3.8) is 0 Å². The van der Waals surface area contributed by atoms with Gasteiger partial charge in [-0.1, -0.05) is 20.3 Å². The fourth-order valence-electron chi connectivity index (χ4n) is 3.91. The molecule has 3 N–H and O–H groups in total. The van der Waals surface area contributed by atoms with Gasteiger partial charge in [-0.25, -0.2) is 0 Å². The number of nitrogens with zero attached hydrogens (tertiary/aromatic N) is 2. The summed E-state index contributed by atoms with van der Waals surface area (Å²) in [6.07, 6.45) is 7.28. The quantitative estimate of drug-likeness (QED) is 0.259. The molecule has 3 unspecified atom stereocenters. The van der Waals surface area contributed by atoms with Crippen LogP contribution in [0.5, 0.6) is 0 Å². The third-order valence-electron chi connectivity index (χ3n) is 5.57. The Morgan fingerprint density at radius 2 is 2.04 bits per heavy atom. The fraction of sp³-hybridized carbons (Fsp3) is 0.947. The fourth-order valence-corrected chi connectivity index (χ4v) is 5.10. The van der Waals surface area contributed by atoms with E-state index in [0.29, 0.717) is 11.8 Å². The molecular formula is C19H39IN4OS. The number of hydrogen-bond donors (Lipinski definition) is 3. The van der Waals surface area contributed by atoms with E-state index in [1.165, 1.54) is 32.2 Å². The molecular weight excluding hydrogens is 459 g/mol. The Hall–Kier alpha value is 0.270.